The van der Waals surface area contributed by atoms with Crippen LogP contribution in [0.1, 0.15) is 50.2 Å². The molecule has 46 heavy (non-hydrogen) atoms. The number of rotatable bonds is 7. The summed E-state index contributed by atoms with van der Waals surface area (Å²) in [5.41, 5.74) is 1.77. The Morgan fingerprint density at radius 1 is 1.07 bits per heavy atom. The number of carbonyl (C=O) groups excluding carboxylic acids is 4. The van der Waals surface area contributed by atoms with Crippen molar-refractivity contribution in [1.29, 1.82) is 0 Å². The lowest BCUT2D eigenvalue weighted by atomic mass is 10.00. The van der Waals surface area contributed by atoms with E-state index < -0.39 is 41.1 Å². The molecule has 1 aromatic heterocycles. The summed E-state index contributed by atoms with van der Waals surface area (Å²) in [4.78, 5) is 56.7. The maximum atomic E-state index is 14.2. The second kappa shape index (κ2) is 12.5. The number of fused-ring (bicyclic) bond motifs is 1. The van der Waals surface area contributed by atoms with Crippen molar-refractivity contribution in [3.63, 3.8) is 0 Å². The normalized spacial score (nSPS) is 20.6. The topological polar surface area (TPSA) is 131 Å². The molecular formula is C34H34N4O7S. The summed E-state index contributed by atoms with van der Waals surface area (Å²) < 4.78 is 16.7. The van der Waals surface area contributed by atoms with Gasteiger partial charge in [-0.3, -0.25) is 19.4 Å². The van der Waals surface area contributed by atoms with E-state index in [0.29, 0.717) is 41.4 Å². The Morgan fingerprint density at radius 2 is 1.72 bits per heavy atom. The van der Waals surface area contributed by atoms with E-state index in [0.717, 1.165) is 11.1 Å². The van der Waals surface area contributed by atoms with Crippen LogP contribution in [0.15, 0.2) is 94.2 Å². The van der Waals surface area contributed by atoms with Crippen LogP contribution in [0.3, 0.4) is 0 Å². The van der Waals surface area contributed by atoms with Crippen molar-refractivity contribution in [3.8, 4) is 0 Å². The van der Waals surface area contributed by atoms with E-state index in [4.69, 9.17) is 14.0 Å². The lowest BCUT2D eigenvalue weighted by Crippen LogP contribution is -2.70. The summed E-state index contributed by atoms with van der Waals surface area (Å²) in [6.45, 7) is 7.35. The van der Waals surface area contributed by atoms with Gasteiger partial charge in [-0.25, -0.2) is 9.59 Å². The third-order valence-corrected chi connectivity index (χ3v) is 8.96. The zero-order valence-electron chi connectivity index (χ0n) is 25.9. The molecule has 0 bridgehead atoms. The Bertz CT molecular complexity index is 1690. The van der Waals surface area contributed by atoms with Crippen LogP contribution in [-0.2, 0) is 23.9 Å². The largest absolute Gasteiger partial charge is 0.448 e. The number of anilines is 1. The molecule has 3 aliphatic heterocycles. The molecule has 2 aromatic carbocycles. The van der Waals surface area contributed by atoms with E-state index >= 15 is 0 Å². The first-order valence-corrected chi connectivity index (χ1v) is 16.0. The number of thioether (sulfide) groups is 1. The quantitative estimate of drug-likeness (QED) is 0.214. The van der Waals surface area contributed by atoms with Crippen molar-refractivity contribution in [2.24, 2.45) is 0 Å². The minimum atomic E-state index is -0.894. The Labute approximate surface area is 270 Å². The molecule has 3 amide bonds. The van der Waals surface area contributed by atoms with Crippen molar-refractivity contribution >= 4 is 41.5 Å². The molecule has 6 rings (SSSR count). The molecule has 0 spiro atoms. The fourth-order valence-corrected chi connectivity index (χ4v) is 6.89. The van der Waals surface area contributed by atoms with Crippen LogP contribution < -0.4 is 10.2 Å². The van der Waals surface area contributed by atoms with Crippen molar-refractivity contribution in [3.05, 3.63) is 107 Å². The number of hydrogen-bond acceptors (Lipinski definition) is 9. The lowest BCUT2D eigenvalue weighted by molar-refractivity contribution is -0.153. The number of carbonyl (C=O) groups is 4. The highest BCUT2D eigenvalue weighted by Gasteiger charge is 2.55. The summed E-state index contributed by atoms with van der Waals surface area (Å²) >= 11 is 1.38. The molecule has 1 N–H and O–H groups in total. The van der Waals surface area contributed by atoms with Crippen molar-refractivity contribution < 1.29 is 33.2 Å². The number of aromatic nitrogens is 1. The van der Waals surface area contributed by atoms with E-state index in [1.54, 1.807) is 39.8 Å². The van der Waals surface area contributed by atoms with Gasteiger partial charge in [0.2, 0.25) is 0 Å². The highest BCUT2D eigenvalue weighted by molar-refractivity contribution is 8.00. The van der Waals surface area contributed by atoms with Gasteiger partial charge in [0, 0.05) is 23.9 Å². The number of aryl methyl sites for hydroxylation is 1. The van der Waals surface area contributed by atoms with Gasteiger partial charge in [-0.2, -0.15) is 0 Å². The van der Waals surface area contributed by atoms with Crippen molar-refractivity contribution in [1.82, 2.24) is 15.4 Å². The average molecular weight is 643 g/mol. The molecule has 2 saturated heterocycles. The predicted octanol–water partition coefficient (Wildman–Crippen LogP) is 5.04. The van der Waals surface area contributed by atoms with Gasteiger partial charge in [-0.1, -0.05) is 65.8 Å². The molecule has 2 fully saturated rings. The number of alkyl carbamates (subject to hydrolysis) is 1. The standard InChI is InChI=1S/C34H34N4O7S/c1-20-17-25(36-45-20)37-16-15-23(29(37)39)18-24-19-46-31-26(35-33(42)44-34(2,3)4)30(40)38(31)27(24)32(41)43-28(21-11-7-5-8-12-21)22-13-9-6-10-14-22/h5-14,17-18,26,28,31H,15-16,19H2,1-4H3,(H,35,42)/b23-18+/t26-,31-/m1/s1. The average Bonchev–Trinajstić information content (AvgIpc) is 3.62. The molecule has 2 atom stereocenters. The number of ether oxygens (including phenoxy) is 2. The number of β-lactam (4-membered cyclic amide) rings is 1. The summed E-state index contributed by atoms with van der Waals surface area (Å²) in [6.07, 6.45) is 0.616. The van der Waals surface area contributed by atoms with Gasteiger partial charge < -0.3 is 19.3 Å². The number of hydrogen-bond donors (Lipinski definition) is 1. The van der Waals surface area contributed by atoms with E-state index in [2.05, 4.69) is 10.5 Å². The molecule has 0 saturated carbocycles. The van der Waals surface area contributed by atoms with E-state index in [1.807, 2.05) is 60.7 Å². The van der Waals surface area contributed by atoms with Crippen LogP contribution >= 0.6 is 11.8 Å². The molecule has 238 valence electrons. The first-order chi connectivity index (χ1) is 22.0. The van der Waals surface area contributed by atoms with Crippen LogP contribution in [0.2, 0.25) is 0 Å². The molecule has 0 radical (unpaired) electrons. The van der Waals surface area contributed by atoms with Gasteiger partial charge in [0.15, 0.2) is 11.9 Å². The molecule has 11 nitrogen and oxygen atoms in total. The maximum Gasteiger partial charge on any atom is 0.408 e. The Hall–Kier alpha value is -4.84. The SMILES string of the molecule is Cc1cc(N2CC/C(=C\C3=C(C(=O)OC(c4ccccc4)c4ccccc4)N4C(=O)[C@@H](NC(=O)OC(C)(C)C)[C@H]4SC3)C2=O)no1. The van der Waals surface area contributed by atoms with Gasteiger partial charge in [0.1, 0.15) is 28.5 Å². The molecule has 0 unspecified atom stereocenters. The van der Waals surface area contributed by atoms with Crippen LogP contribution in [0.25, 0.3) is 0 Å². The molecule has 0 aliphatic carbocycles. The zero-order valence-corrected chi connectivity index (χ0v) is 26.7. The summed E-state index contributed by atoms with van der Waals surface area (Å²) in [6, 6.07) is 19.5. The van der Waals surface area contributed by atoms with Crippen LogP contribution in [0, 0.1) is 6.92 Å². The first-order valence-electron chi connectivity index (χ1n) is 14.9. The van der Waals surface area contributed by atoms with E-state index in [9.17, 15) is 19.2 Å². The Morgan fingerprint density at radius 3 is 2.30 bits per heavy atom. The Kier molecular flexibility index (Phi) is 8.47. The summed E-state index contributed by atoms with van der Waals surface area (Å²) in [5.74, 6) is -0.147. The second-order valence-electron chi connectivity index (χ2n) is 12.2. The van der Waals surface area contributed by atoms with Crippen LogP contribution in [0.4, 0.5) is 10.6 Å². The smallest absolute Gasteiger partial charge is 0.408 e. The van der Waals surface area contributed by atoms with Crippen molar-refractivity contribution in [2.75, 3.05) is 17.2 Å². The number of esters is 1. The lowest BCUT2D eigenvalue weighted by Gasteiger charge is -2.49. The summed E-state index contributed by atoms with van der Waals surface area (Å²) in [7, 11) is 0. The van der Waals surface area contributed by atoms with Crippen LogP contribution in [0.5, 0.6) is 0 Å². The van der Waals surface area contributed by atoms with E-state index in [1.165, 1.54) is 21.6 Å². The fraction of sp³-hybridized carbons (Fsp3) is 0.324. The maximum absolute atomic E-state index is 14.2. The first kappa shape index (κ1) is 31.2. The zero-order chi connectivity index (χ0) is 32.6. The highest BCUT2D eigenvalue weighted by Crippen LogP contribution is 2.43. The third-order valence-electron chi connectivity index (χ3n) is 7.66. The minimum Gasteiger partial charge on any atom is -0.448 e. The van der Waals surface area contributed by atoms with Gasteiger partial charge in [-0.05, 0) is 56.9 Å². The Balaban J connectivity index is 1.34. The number of amides is 3. The van der Waals surface area contributed by atoms with Crippen molar-refractivity contribution in [2.45, 2.75) is 57.2 Å². The monoisotopic (exact) mass is 642 g/mol. The minimum absolute atomic E-state index is 0.0453. The molecule has 3 aliphatic rings. The van der Waals surface area contributed by atoms with Gasteiger partial charge >= 0.3 is 12.1 Å². The number of nitrogens with one attached hydrogen (secondary N) is 1. The molecule has 3 aromatic rings. The number of benzene rings is 2. The second-order valence-corrected chi connectivity index (χ2v) is 13.3. The summed E-state index contributed by atoms with van der Waals surface area (Å²) in [5, 5.41) is 6.06. The fourth-order valence-electron chi connectivity index (χ4n) is 5.58. The third kappa shape index (κ3) is 6.30. The van der Waals surface area contributed by atoms with Crippen LogP contribution in [-0.4, -0.2) is 63.2 Å². The molecule has 4 heterocycles. The molecule has 12 heteroatoms. The number of allylic oxidation sites excluding steroid dienone is 1. The predicted molar refractivity (Wildman–Crippen MR) is 170 cm³/mol. The highest BCUT2D eigenvalue weighted by atomic mass is 32.2. The number of nitrogens with zero attached hydrogens (tertiary/aromatic N) is 3. The van der Waals surface area contributed by atoms with Gasteiger partial charge in [0.25, 0.3) is 11.8 Å². The van der Waals surface area contributed by atoms with E-state index in [-0.39, 0.29) is 11.6 Å². The molecular weight excluding hydrogens is 608 g/mol. The van der Waals surface area contributed by atoms with Gasteiger partial charge in [-0.15, -0.1) is 11.8 Å². The van der Waals surface area contributed by atoms with Gasteiger partial charge in [0.05, 0.1) is 0 Å².